The van der Waals surface area contributed by atoms with E-state index in [-0.39, 0.29) is 0 Å². The maximum absolute atomic E-state index is 14.6. The molecule has 0 amide bonds. The molecule has 0 radical (unpaired) electrons. The molecule has 2 fully saturated rings. The maximum atomic E-state index is 14.6. The zero-order chi connectivity index (χ0) is 15.4. The quantitative estimate of drug-likeness (QED) is 0.745. The molecule has 0 spiro atoms. The first kappa shape index (κ1) is 14.4. The Kier molecular flexibility index (Phi) is 3.06. The first-order valence-electron chi connectivity index (χ1n) is 6.40. The van der Waals surface area contributed by atoms with E-state index in [0.717, 1.165) is 10.6 Å². The van der Waals surface area contributed by atoms with Crippen LogP contribution in [0.1, 0.15) is 20.1 Å². The van der Waals surface area contributed by atoms with Gasteiger partial charge in [-0.25, -0.2) is 9.18 Å². The number of alkyl halides is 1. The van der Waals surface area contributed by atoms with Crippen molar-refractivity contribution in [2.75, 3.05) is 6.61 Å². The molecule has 1 aromatic heterocycles. The number of aromatic nitrogens is 2. The van der Waals surface area contributed by atoms with Gasteiger partial charge in [0, 0.05) is 12.3 Å². The summed E-state index contributed by atoms with van der Waals surface area (Å²) in [7, 11) is 0. The van der Waals surface area contributed by atoms with Crippen molar-refractivity contribution in [1.29, 1.82) is 0 Å². The first-order valence-corrected chi connectivity index (χ1v) is 6.40. The van der Waals surface area contributed by atoms with Crippen molar-refractivity contribution < 1.29 is 23.7 Å². The molecule has 116 valence electrons. The number of ether oxygens (including phenoxy) is 3. The average molecular weight is 302 g/mol. The number of aliphatic hydroxyl groups is 1. The van der Waals surface area contributed by atoms with E-state index in [1.165, 1.54) is 6.20 Å². The zero-order valence-electron chi connectivity index (χ0n) is 11.4. The highest BCUT2D eigenvalue weighted by atomic mass is 19.2. The Labute approximate surface area is 118 Å². The number of rotatable bonds is 2. The summed E-state index contributed by atoms with van der Waals surface area (Å²) < 4.78 is 31.8. The predicted molar refractivity (Wildman–Crippen MR) is 66.2 cm³/mol. The molecule has 8 nitrogen and oxygen atoms in total. The third-order valence-electron chi connectivity index (χ3n) is 3.49. The second kappa shape index (κ2) is 4.47. The maximum Gasteiger partial charge on any atom is 0.330 e. The summed E-state index contributed by atoms with van der Waals surface area (Å²) in [5, 5.41) is 9.24. The van der Waals surface area contributed by atoms with Gasteiger partial charge < -0.3 is 19.3 Å². The number of hydrogen-bond acceptors (Lipinski definition) is 6. The fraction of sp³-hybridized carbons (Fsp3) is 0.667. The van der Waals surface area contributed by atoms with Crippen molar-refractivity contribution in [1.82, 2.24) is 9.55 Å². The van der Waals surface area contributed by atoms with Gasteiger partial charge >= 0.3 is 5.69 Å². The van der Waals surface area contributed by atoms with Gasteiger partial charge in [0.25, 0.3) is 11.4 Å². The first-order chi connectivity index (χ1) is 9.76. The number of aliphatic hydroxyl groups excluding tert-OH is 1. The number of nitrogens with one attached hydrogen (secondary N) is 1. The minimum atomic E-state index is -2.49. The van der Waals surface area contributed by atoms with Crippen LogP contribution in [-0.2, 0) is 14.2 Å². The summed E-state index contributed by atoms with van der Waals surface area (Å²) in [6, 6.07) is 1.11. The minimum Gasteiger partial charge on any atom is -0.390 e. The Morgan fingerprint density at radius 2 is 2.10 bits per heavy atom. The van der Waals surface area contributed by atoms with Gasteiger partial charge in [0.2, 0.25) is 0 Å². The van der Waals surface area contributed by atoms with Gasteiger partial charge in [-0.15, -0.1) is 0 Å². The topological polar surface area (TPSA) is 103 Å². The molecule has 2 saturated heterocycles. The van der Waals surface area contributed by atoms with Gasteiger partial charge in [0.05, 0.1) is 0 Å². The molecule has 2 aliphatic heterocycles. The van der Waals surface area contributed by atoms with Crippen LogP contribution in [-0.4, -0.2) is 45.1 Å². The van der Waals surface area contributed by atoms with E-state index in [1.807, 2.05) is 0 Å². The summed E-state index contributed by atoms with van der Waals surface area (Å²) in [6.45, 7) is 2.24. The fourth-order valence-corrected chi connectivity index (χ4v) is 2.64. The van der Waals surface area contributed by atoms with Gasteiger partial charge in [-0.05, 0) is 13.8 Å². The number of nitrogens with zero attached hydrogens (tertiary/aromatic N) is 1. The number of aromatic amines is 1. The Morgan fingerprint density at radius 3 is 2.71 bits per heavy atom. The van der Waals surface area contributed by atoms with Gasteiger partial charge in [-0.2, -0.15) is 0 Å². The van der Waals surface area contributed by atoms with E-state index in [2.05, 4.69) is 4.98 Å². The number of fused-ring (bicyclic) bond motifs is 1. The molecular formula is C12H15FN2O6. The molecule has 2 N–H and O–H groups in total. The van der Waals surface area contributed by atoms with E-state index < -0.39 is 47.9 Å². The minimum absolute atomic E-state index is 0.580. The summed E-state index contributed by atoms with van der Waals surface area (Å²) >= 11 is 0. The van der Waals surface area contributed by atoms with Crippen LogP contribution in [0.5, 0.6) is 0 Å². The van der Waals surface area contributed by atoms with Crippen LogP contribution in [0, 0.1) is 0 Å². The van der Waals surface area contributed by atoms with Crippen molar-refractivity contribution in [3.63, 3.8) is 0 Å². The Hall–Kier alpha value is -1.55. The summed E-state index contributed by atoms with van der Waals surface area (Å²) in [5.74, 6) is -3.56. The van der Waals surface area contributed by atoms with Crippen LogP contribution in [0.25, 0.3) is 0 Å². The van der Waals surface area contributed by atoms with Crippen LogP contribution in [0.2, 0.25) is 0 Å². The van der Waals surface area contributed by atoms with Gasteiger partial charge in [0.1, 0.15) is 12.7 Å². The SMILES string of the molecule is CC1(C)O[C@H]2C(n3ccc(=O)[nH]c3=O)O[C@](F)(CO)[C@H]2O1. The molecule has 0 saturated carbocycles. The molecule has 21 heavy (non-hydrogen) atoms. The monoisotopic (exact) mass is 302 g/mol. The molecule has 1 aromatic rings. The second-order valence-corrected chi connectivity index (χ2v) is 5.49. The van der Waals surface area contributed by atoms with Gasteiger partial charge in [-0.3, -0.25) is 14.3 Å². The normalized spacial score (nSPS) is 37.6. The molecule has 9 heteroatoms. The molecule has 2 aliphatic rings. The van der Waals surface area contributed by atoms with E-state index in [4.69, 9.17) is 14.2 Å². The van der Waals surface area contributed by atoms with Crippen LogP contribution < -0.4 is 11.2 Å². The van der Waals surface area contributed by atoms with E-state index in [9.17, 15) is 19.1 Å². The summed E-state index contributed by atoms with van der Waals surface area (Å²) in [4.78, 5) is 25.0. The Morgan fingerprint density at radius 1 is 1.38 bits per heavy atom. The lowest BCUT2D eigenvalue weighted by Gasteiger charge is -2.27. The van der Waals surface area contributed by atoms with Crippen molar-refractivity contribution in [2.45, 2.75) is 43.9 Å². The summed E-state index contributed by atoms with van der Waals surface area (Å²) in [5.41, 5.74) is -1.34. The molecule has 3 heterocycles. The molecule has 0 aliphatic carbocycles. The van der Waals surface area contributed by atoms with Crippen LogP contribution in [0.3, 0.4) is 0 Å². The second-order valence-electron chi connectivity index (χ2n) is 5.49. The largest absolute Gasteiger partial charge is 0.390 e. The lowest BCUT2D eigenvalue weighted by Crippen LogP contribution is -2.42. The lowest BCUT2D eigenvalue weighted by atomic mass is 10.1. The predicted octanol–water partition coefficient (Wildman–Crippen LogP) is -0.756. The molecule has 4 atom stereocenters. The molecule has 0 bridgehead atoms. The fourth-order valence-electron chi connectivity index (χ4n) is 2.64. The highest BCUT2D eigenvalue weighted by Crippen LogP contribution is 2.48. The molecule has 0 aromatic carbocycles. The zero-order valence-corrected chi connectivity index (χ0v) is 11.4. The van der Waals surface area contributed by atoms with Crippen molar-refractivity contribution in [2.24, 2.45) is 0 Å². The van der Waals surface area contributed by atoms with E-state index >= 15 is 0 Å². The third kappa shape index (κ3) is 2.22. The Bertz CT molecular complexity index is 670. The molecule has 1 unspecified atom stereocenters. The summed E-state index contributed by atoms with van der Waals surface area (Å²) in [6.07, 6.45) is -2.08. The van der Waals surface area contributed by atoms with Crippen LogP contribution in [0.15, 0.2) is 21.9 Å². The standard InChI is InChI=1S/C12H15FN2O6/c1-11(2)19-7-8(20-11)12(13,5-16)21-9(7)15-4-3-6(17)14-10(15)18/h3-4,7-9,16H,5H2,1-2H3,(H,14,17,18)/t7-,8+,9?,12-/m1/s1. The van der Waals surface area contributed by atoms with Crippen molar-refractivity contribution >= 4 is 0 Å². The smallest absolute Gasteiger partial charge is 0.330 e. The Balaban J connectivity index is 2.04. The van der Waals surface area contributed by atoms with Crippen molar-refractivity contribution in [3.8, 4) is 0 Å². The van der Waals surface area contributed by atoms with Gasteiger partial charge in [-0.1, -0.05) is 0 Å². The highest BCUT2D eigenvalue weighted by molar-refractivity contribution is 5.02. The van der Waals surface area contributed by atoms with Crippen molar-refractivity contribution in [3.05, 3.63) is 33.1 Å². The third-order valence-corrected chi connectivity index (χ3v) is 3.49. The highest BCUT2D eigenvalue weighted by Gasteiger charge is 2.64. The van der Waals surface area contributed by atoms with Gasteiger partial charge in [0.15, 0.2) is 18.1 Å². The molecule has 3 rings (SSSR count). The van der Waals surface area contributed by atoms with Crippen LogP contribution >= 0.6 is 0 Å². The lowest BCUT2D eigenvalue weighted by molar-refractivity contribution is -0.265. The number of halogens is 1. The van der Waals surface area contributed by atoms with E-state index in [0.29, 0.717) is 0 Å². The molecular weight excluding hydrogens is 287 g/mol. The number of H-pyrrole nitrogens is 1. The average Bonchev–Trinajstić information content (AvgIpc) is 2.84. The van der Waals surface area contributed by atoms with Crippen LogP contribution in [0.4, 0.5) is 4.39 Å². The van der Waals surface area contributed by atoms with E-state index in [1.54, 1.807) is 13.8 Å². The number of hydrogen-bond donors (Lipinski definition) is 2.